The third kappa shape index (κ3) is 2.12. The quantitative estimate of drug-likeness (QED) is 0.931. The maximum atomic E-state index is 12.7. The van der Waals surface area contributed by atoms with Crippen LogP contribution in [0.15, 0.2) is 6.07 Å². The lowest BCUT2D eigenvalue weighted by atomic mass is 9.81. The second kappa shape index (κ2) is 5.02. The van der Waals surface area contributed by atoms with Gasteiger partial charge in [-0.15, -0.1) is 11.3 Å². The molecule has 0 bridgehead atoms. The summed E-state index contributed by atoms with van der Waals surface area (Å²) in [7, 11) is 1.55. The molecule has 1 aliphatic carbocycles. The van der Waals surface area contributed by atoms with Crippen LogP contribution in [0.5, 0.6) is 5.75 Å². The molecule has 0 spiro atoms. The van der Waals surface area contributed by atoms with E-state index in [0.717, 1.165) is 17.7 Å². The molecule has 0 aromatic carbocycles. The summed E-state index contributed by atoms with van der Waals surface area (Å²) in [5, 5.41) is 9.59. The molecule has 1 saturated carbocycles. The molecule has 1 aromatic heterocycles. The highest BCUT2D eigenvalue weighted by atomic mass is 32.1. The SMILES string of the molecule is COc1cc(C)sc1C(=O)N1C[C@@H]2CCC[C@@]2(C(=O)O)C1. The molecular formula is C15H19NO4S. The van der Waals surface area contributed by atoms with Crippen molar-refractivity contribution < 1.29 is 19.4 Å². The number of fused-ring (bicyclic) bond motifs is 1. The summed E-state index contributed by atoms with van der Waals surface area (Å²) in [6, 6.07) is 1.85. The van der Waals surface area contributed by atoms with Crippen molar-refractivity contribution in [1.29, 1.82) is 0 Å². The number of aliphatic carboxylic acids is 1. The Balaban J connectivity index is 1.86. The standard InChI is InChI=1S/C15H19NO4S/c1-9-6-11(20-2)12(21-9)13(17)16-7-10-4-3-5-15(10,8-16)14(18)19/h6,10H,3-5,7-8H2,1-2H3,(H,18,19)/t10-,15+/m0/s1. The molecule has 3 rings (SSSR count). The van der Waals surface area contributed by atoms with Crippen LogP contribution in [0.3, 0.4) is 0 Å². The van der Waals surface area contributed by atoms with Crippen LogP contribution >= 0.6 is 11.3 Å². The molecule has 5 nitrogen and oxygen atoms in total. The van der Waals surface area contributed by atoms with Crippen molar-refractivity contribution in [2.24, 2.45) is 11.3 Å². The molecule has 1 N–H and O–H groups in total. The Bertz CT molecular complexity index is 596. The van der Waals surface area contributed by atoms with E-state index in [1.807, 2.05) is 13.0 Å². The minimum absolute atomic E-state index is 0.0889. The Morgan fingerprint density at radius 1 is 1.52 bits per heavy atom. The lowest BCUT2D eigenvalue weighted by Gasteiger charge is -2.23. The number of hydrogen-bond donors (Lipinski definition) is 1. The highest BCUT2D eigenvalue weighted by molar-refractivity contribution is 7.14. The first kappa shape index (κ1) is 14.4. The van der Waals surface area contributed by atoms with Crippen LogP contribution in [-0.2, 0) is 4.79 Å². The van der Waals surface area contributed by atoms with Crippen LogP contribution in [0.2, 0.25) is 0 Å². The van der Waals surface area contributed by atoms with Crippen LogP contribution in [-0.4, -0.2) is 42.1 Å². The summed E-state index contributed by atoms with van der Waals surface area (Å²) in [6.45, 7) is 2.80. The summed E-state index contributed by atoms with van der Waals surface area (Å²) >= 11 is 1.41. The number of carboxylic acid groups (broad SMARTS) is 1. The Morgan fingerprint density at radius 3 is 2.90 bits per heavy atom. The normalized spacial score (nSPS) is 27.7. The summed E-state index contributed by atoms with van der Waals surface area (Å²) in [5.74, 6) is -0.176. The predicted octanol–water partition coefficient (Wildman–Crippen LogP) is 2.39. The molecule has 1 aromatic rings. The van der Waals surface area contributed by atoms with Crippen molar-refractivity contribution in [3.8, 4) is 5.75 Å². The van der Waals surface area contributed by atoms with Crippen molar-refractivity contribution in [2.45, 2.75) is 26.2 Å². The molecule has 2 fully saturated rings. The van der Waals surface area contributed by atoms with E-state index in [9.17, 15) is 14.7 Å². The number of hydrogen-bond acceptors (Lipinski definition) is 4. The fourth-order valence-corrected chi connectivity index (χ4v) is 4.68. The maximum absolute atomic E-state index is 12.7. The van der Waals surface area contributed by atoms with E-state index in [4.69, 9.17) is 4.74 Å². The summed E-state index contributed by atoms with van der Waals surface area (Å²) in [6.07, 6.45) is 2.52. The second-order valence-corrected chi connectivity index (χ2v) is 7.25. The first-order valence-electron chi connectivity index (χ1n) is 7.15. The van der Waals surface area contributed by atoms with Gasteiger partial charge >= 0.3 is 5.97 Å². The second-order valence-electron chi connectivity index (χ2n) is 5.99. The van der Waals surface area contributed by atoms with Gasteiger partial charge in [-0.2, -0.15) is 0 Å². The number of likely N-dealkylation sites (tertiary alicyclic amines) is 1. The van der Waals surface area contributed by atoms with Crippen molar-refractivity contribution in [3.63, 3.8) is 0 Å². The van der Waals surface area contributed by atoms with Gasteiger partial charge in [0.1, 0.15) is 10.6 Å². The molecule has 1 amide bonds. The number of amides is 1. The van der Waals surface area contributed by atoms with E-state index >= 15 is 0 Å². The zero-order chi connectivity index (χ0) is 15.2. The van der Waals surface area contributed by atoms with Crippen LogP contribution in [0.4, 0.5) is 0 Å². The molecule has 2 atom stereocenters. The van der Waals surface area contributed by atoms with Gasteiger partial charge in [0.2, 0.25) is 0 Å². The lowest BCUT2D eigenvalue weighted by Crippen LogP contribution is -2.37. The van der Waals surface area contributed by atoms with Crippen LogP contribution in [0, 0.1) is 18.3 Å². The number of aryl methyl sites for hydroxylation is 1. The van der Waals surface area contributed by atoms with E-state index in [1.54, 1.807) is 12.0 Å². The molecule has 2 heterocycles. The van der Waals surface area contributed by atoms with Gasteiger partial charge in [-0.05, 0) is 31.7 Å². The van der Waals surface area contributed by atoms with Crippen molar-refractivity contribution in [1.82, 2.24) is 4.90 Å². The topological polar surface area (TPSA) is 66.8 Å². The molecule has 114 valence electrons. The fraction of sp³-hybridized carbons (Fsp3) is 0.600. The largest absolute Gasteiger partial charge is 0.495 e. The van der Waals surface area contributed by atoms with E-state index in [1.165, 1.54) is 11.3 Å². The number of methoxy groups -OCH3 is 1. The van der Waals surface area contributed by atoms with Gasteiger partial charge in [0.15, 0.2) is 0 Å². The number of rotatable bonds is 3. The molecule has 1 saturated heterocycles. The smallest absolute Gasteiger partial charge is 0.311 e. The van der Waals surface area contributed by atoms with E-state index in [-0.39, 0.29) is 11.8 Å². The Morgan fingerprint density at radius 2 is 2.29 bits per heavy atom. The average molecular weight is 309 g/mol. The summed E-state index contributed by atoms with van der Waals surface area (Å²) in [5.41, 5.74) is -0.727. The van der Waals surface area contributed by atoms with Crippen molar-refractivity contribution in [2.75, 3.05) is 20.2 Å². The first-order valence-corrected chi connectivity index (χ1v) is 7.96. The van der Waals surface area contributed by atoms with Gasteiger partial charge in [0.25, 0.3) is 5.91 Å². The number of ether oxygens (including phenoxy) is 1. The summed E-state index contributed by atoms with van der Waals surface area (Å²) in [4.78, 5) is 27.7. The number of carbonyl (C=O) groups is 2. The maximum Gasteiger partial charge on any atom is 0.311 e. The minimum Gasteiger partial charge on any atom is -0.495 e. The number of thiophene rings is 1. The summed E-state index contributed by atoms with van der Waals surface area (Å²) < 4.78 is 5.26. The Labute approximate surface area is 127 Å². The molecule has 0 radical (unpaired) electrons. The number of carboxylic acids is 1. The lowest BCUT2D eigenvalue weighted by molar-refractivity contribution is -0.149. The average Bonchev–Trinajstić information content (AvgIpc) is 3.08. The van der Waals surface area contributed by atoms with Gasteiger partial charge in [-0.25, -0.2) is 0 Å². The molecule has 1 aliphatic heterocycles. The first-order chi connectivity index (χ1) is 9.98. The molecular weight excluding hydrogens is 290 g/mol. The third-order valence-corrected chi connectivity index (χ3v) is 5.84. The predicted molar refractivity (Wildman–Crippen MR) is 78.9 cm³/mol. The molecule has 0 unspecified atom stereocenters. The molecule has 2 aliphatic rings. The van der Waals surface area contributed by atoms with Gasteiger partial charge in [0.05, 0.1) is 12.5 Å². The van der Waals surface area contributed by atoms with Crippen LogP contribution in [0.1, 0.15) is 33.8 Å². The molecule has 6 heteroatoms. The zero-order valence-corrected chi connectivity index (χ0v) is 13.0. The Hall–Kier alpha value is -1.56. The van der Waals surface area contributed by atoms with Crippen molar-refractivity contribution in [3.05, 3.63) is 15.8 Å². The fourth-order valence-electron chi connectivity index (χ4n) is 3.73. The van der Waals surface area contributed by atoms with E-state index in [0.29, 0.717) is 30.1 Å². The number of carbonyl (C=O) groups excluding carboxylic acids is 1. The minimum atomic E-state index is -0.755. The monoisotopic (exact) mass is 309 g/mol. The van der Waals surface area contributed by atoms with Gasteiger partial charge < -0.3 is 14.7 Å². The van der Waals surface area contributed by atoms with Crippen LogP contribution in [0.25, 0.3) is 0 Å². The highest BCUT2D eigenvalue weighted by Gasteiger charge is 2.56. The van der Waals surface area contributed by atoms with Crippen molar-refractivity contribution >= 4 is 23.2 Å². The zero-order valence-electron chi connectivity index (χ0n) is 12.2. The number of nitrogens with zero attached hydrogens (tertiary/aromatic N) is 1. The van der Waals surface area contributed by atoms with Gasteiger partial charge in [-0.3, -0.25) is 9.59 Å². The van der Waals surface area contributed by atoms with Gasteiger partial charge in [-0.1, -0.05) is 6.42 Å². The van der Waals surface area contributed by atoms with Gasteiger partial charge in [0, 0.05) is 18.0 Å². The van der Waals surface area contributed by atoms with Crippen LogP contribution < -0.4 is 4.74 Å². The Kier molecular flexibility index (Phi) is 3.43. The highest BCUT2D eigenvalue weighted by Crippen LogP contribution is 2.49. The van der Waals surface area contributed by atoms with E-state index < -0.39 is 11.4 Å². The molecule has 21 heavy (non-hydrogen) atoms. The third-order valence-electron chi connectivity index (χ3n) is 4.82. The van der Waals surface area contributed by atoms with E-state index in [2.05, 4.69) is 0 Å².